The van der Waals surface area contributed by atoms with Crippen LogP contribution in [0.2, 0.25) is 0 Å². The summed E-state index contributed by atoms with van der Waals surface area (Å²) in [4.78, 5) is 15.6. The van der Waals surface area contributed by atoms with E-state index in [0.717, 1.165) is 0 Å². The molecule has 0 saturated heterocycles. The first-order valence-electron chi connectivity index (χ1n) is 1.17. The summed E-state index contributed by atoms with van der Waals surface area (Å²) in [6.07, 6.45) is 0. The smallest absolute Gasteiger partial charge is 0.324 e. The van der Waals surface area contributed by atoms with Crippen LogP contribution >= 0.6 is 19.2 Å². The second-order valence-electron chi connectivity index (χ2n) is 0.784. The van der Waals surface area contributed by atoms with Crippen molar-refractivity contribution in [2.24, 2.45) is 0 Å². The lowest BCUT2D eigenvalue weighted by molar-refractivity contribution is 0.379. The molecule has 0 amide bonds. The Morgan fingerprint density at radius 1 is 1.67 bits per heavy atom. The number of hydrogen-bond donors (Lipinski definition) is 2. The molecule has 0 unspecified atom stereocenters. The molecule has 0 radical (unpaired) electrons. The summed E-state index contributed by atoms with van der Waals surface area (Å²) in [6.45, 7) is 0. The molecule has 5 heteroatoms. The quantitative estimate of drug-likeness (QED) is 0.398. The molecule has 0 aliphatic heterocycles. The molecule has 0 spiro atoms. The number of halogens is 1. The average Bonchev–Trinajstić information content (AvgIpc) is 1.35. The van der Waals surface area contributed by atoms with Gasteiger partial charge in [-0.15, -0.1) is 11.6 Å². The van der Waals surface area contributed by atoms with Crippen LogP contribution in [0, 0.1) is 0 Å². The van der Waals surface area contributed by atoms with E-state index >= 15 is 0 Å². The van der Waals surface area contributed by atoms with Gasteiger partial charge in [0, 0.05) is 0 Å². The van der Waals surface area contributed by atoms with Gasteiger partial charge in [-0.25, -0.2) is 0 Å². The van der Waals surface area contributed by atoms with E-state index in [9.17, 15) is 4.57 Å². The summed E-state index contributed by atoms with van der Waals surface area (Å²) in [5.41, 5.74) is -0.590. The van der Waals surface area contributed by atoms with Gasteiger partial charge in [0.05, 0.1) is 0 Å². The highest BCUT2D eigenvalue weighted by Crippen LogP contribution is 2.34. The van der Waals surface area contributed by atoms with Crippen LogP contribution in [0.1, 0.15) is 0 Å². The highest BCUT2D eigenvalue weighted by molar-refractivity contribution is 7.53. The summed E-state index contributed by atoms with van der Waals surface area (Å²) in [6, 6.07) is 0. The van der Waals surface area contributed by atoms with E-state index in [1.807, 2.05) is 0 Å². The molecular formula is CH4ClO3P. The van der Waals surface area contributed by atoms with Gasteiger partial charge in [-0.2, -0.15) is 0 Å². The normalized spacial score (nSPS) is 11.8. The summed E-state index contributed by atoms with van der Waals surface area (Å²) < 4.78 is 9.56. The lowest BCUT2D eigenvalue weighted by Gasteiger charge is -1.90. The second kappa shape index (κ2) is 1.94. The van der Waals surface area contributed by atoms with Crippen molar-refractivity contribution in [1.82, 2.24) is 0 Å². The molecule has 0 fully saturated rings. The first-order valence-corrected chi connectivity index (χ1v) is 3.50. The summed E-state index contributed by atoms with van der Waals surface area (Å²) in [5, 5.41) is 0. The molecule has 0 aliphatic rings. The Kier molecular flexibility index (Phi) is 2.08. The van der Waals surface area contributed by atoms with E-state index in [2.05, 4.69) is 0 Å². The maximum absolute atomic E-state index is 9.56. The lowest BCUT2D eigenvalue weighted by Crippen LogP contribution is -1.73. The van der Waals surface area contributed by atoms with Crippen molar-refractivity contribution in [3.63, 3.8) is 0 Å². The minimum absolute atomic E-state index is 0.590. The minimum atomic E-state index is -3.88. The summed E-state index contributed by atoms with van der Waals surface area (Å²) >= 11 is 4.71. The molecule has 0 aromatic rings. The van der Waals surface area contributed by atoms with E-state index in [-0.39, 0.29) is 0 Å². The van der Waals surface area contributed by atoms with Gasteiger partial charge >= 0.3 is 7.60 Å². The Hall–Kier alpha value is 0.440. The van der Waals surface area contributed by atoms with E-state index in [4.69, 9.17) is 21.4 Å². The average molecular weight is 130 g/mol. The largest absolute Gasteiger partial charge is 0.340 e. The van der Waals surface area contributed by atoms with Gasteiger partial charge in [-0.3, -0.25) is 4.57 Å². The first-order chi connectivity index (χ1) is 2.56. The molecule has 0 atom stereocenters. The van der Waals surface area contributed by atoms with Gasteiger partial charge < -0.3 is 9.79 Å². The molecule has 6 heavy (non-hydrogen) atoms. The number of alkyl halides is 1. The van der Waals surface area contributed by atoms with Crippen molar-refractivity contribution in [2.75, 3.05) is 5.62 Å². The molecule has 0 aromatic carbocycles. The van der Waals surface area contributed by atoms with Crippen LogP contribution in [-0.4, -0.2) is 15.4 Å². The molecule has 38 valence electrons. The lowest BCUT2D eigenvalue weighted by atomic mass is 11.9. The molecule has 0 rings (SSSR count). The predicted molar refractivity (Wildman–Crippen MR) is 22.8 cm³/mol. The van der Waals surface area contributed by atoms with Crippen molar-refractivity contribution in [2.45, 2.75) is 0 Å². The highest BCUT2D eigenvalue weighted by atomic mass is 35.5. The topological polar surface area (TPSA) is 57.5 Å². The van der Waals surface area contributed by atoms with E-state index in [1.54, 1.807) is 0 Å². The zero-order valence-corrected chi connectivity index (χ0v) is 4.49. The van der Waals surface area contributed by atoms with E-state index < -0.39 is 13.2 Å². The molecule has 0 saturated carbocycles. The SMILES string of the molecule is O=P(O)(O)CCl. The molecule has 2 N–H and O–H groups in total. The Bertz CT molecular complexity index is 74.9. The van der Waals surface area contributed by atoms with Gasteiger partial charge in [0.2, 0.25) is 0 Å². The number of hydrogen-bond acceptors (Lipinski definition) is 1. The Morgan fingerprint density at radius 2 is 1.83 bits per heavy atom. The van der Waals surface area contributed by atoms with Crippen LogP contribution in [0.5, 0.6) is 0 Å². The Labute approximate surface area is 40.1 Å². The summed E-state index contributed by atoms with van der Waals surface area (Å²) in [5.74, 6) is 0. The standard InChI is InChI=1S/CH4ClO3P/c2-1-6(3,4)5/h1H2,(H2,3,4,5). The third-order valence-electron chi connectivity index (χ3n) is 0.156. The van der Waals surface area contributed by atoms with Crippen LogP contribution in [0.3, 0.4) is 0 Å². The van der Waals surface area contributed by atoms with Crippen LogP contribution in [0.4, 0.5) is 0 Å². The Balaban J connectivity index is 3.48. The molecule has 0 aromatic heterocycles. The second-order valence-corrected chi connectivity index (χ2v) is 3.07. The molecule has 0 bridgehead atoms. The van der Waals surface area contributed by atoms with Crippen LogP contribution in [0.15, 0.2) is 0 Å². The fourth-order valence-corrected chi connectivity index (χ4v) is 0. The van der Waals surface area contributed by atoms with Gasteiger partial charge in [0.1, 0.15) is 5.62 Å². The van der Waals surface area contributed by atoms with Gasteiger partial charge in [0.25, 0.3) is 0 Å². The van der Waals surface area contributed by atoms with Crippen molar-refractivity contribution < 1.29 is 14.4 Å². The molecule has 0 aliphatic carbocycles. The monoisotopic (exact) mass is 130 g/mol. The molecule has 3 nitrogen and oxygen atoms in total. The fourth-order valence-electron chi connectivity index (χ4n) is 0. The minimum Gasteiger partial charge on any atom is -0.324 e. The van der Waals surface area contributed by atoms with Crippen molar-refractivity contribution in [3.05, 3.63) is 0 Å². The van der Waals surface area contributed by atoms with Crippen LogP contribution in [0.25, 0.3) is 0 Å². The number of rotatable bonds is 1. The summed E-state index contributed by atoms with van der Waals surface area (Å²) in [7, 11) is -3.88. The zero-order valence-electron chi connectivity index (χ0n) is 2.83. The third-order valence-corrected chi connectivity index (χ3v) is 1.40. The molecule has 0 heterocycles. The van der Waals surface area contributed by atoms with E-state index in [1.165, 1.54) is 0 Å². The fraction of sp³-hybridized carbons (Fsp3) is 1.00. The van der Waals surface area contributed by atoms with E-state index in [0.29, 0.717) is 0 Å². The predicted octanol–water partition coefficient (Wildman–Crippen LogP) is 0.360. The molecular weight excluding hydrogens is 126 g/mol. The maximum atomic E-state index is 9.56. The van der Waals surface area contributed by atoms with Crippen molar-refractivity contribution in [3.8, 4) is 0 Å². The van der Waals surface area contributed by atoms with Gasteiger partial charge in [-0.05, 0) is 0 Å². The van der Waals surface area contributed by atoms with Gasteiger partial charge in [0.15, 0.2) is 0 Å². The Morgan fingerprint density at radius 3 is 1.83 bits per heavy atom. The maximum Gasteiger partial charge on any atom is 0.340 e. The van der Waals surface area contributed by atoms with Crippen LogP contribution in [-0.2, 0) is 4.57 Å². The van der Waals surface area contributed by atoms with Gasteiger partial charge in [-0.1, -0.05) is 0 Å². The van der Waals surface area contributed by atoms with Crippen LogP contribution < -0.4 is 0 Å². The first kappa shape index (κ1) is 6.44. The third kappa shape index (κ3) is 4.44. The van der Waals surface area contributed by atoms with Crippen molar-refractivity contribution in [1.29, 1.82) is 0 Å². The van der Waals surface area contributed by atoms with Crippen molar-refractivity contribution >= 4 is 19.2 Å². The highest BCUT2D eigenvalue weighted by Gasteiger charge is 2.07. The zero-order chi connectivity index (χ0) is 5.21.